The van der Waals surface area contributed by atoms with Gasteiger partial charge in [-0.3, -0.25) is 0 Å². The van der Waals surface area contributed by atoms with E-state index < -0.39 is 0 Å². The minimum absolute atomic E-state index is 0.0717. The molecule has 2 rings (SSSR count). The minimum atomic E-state index is -0.250. The molecule has 5 heteroatoms. The molecule has 0 fully saturated rings. The van der Waals surface area contributed by atoms with E-state index in [0.717, 1.165) is 12.8 Å². The molecule has 122 valence electrons. The maximum Gasteiger partial charge on any atom is 0.319 e. The number of rotatable bonds is 7. The number of hydrogen-bond donors (Lipinski definition) is 2. The molecular formula is C18H23N3O2. The van der Waals surface area contributed by atoms with Crippen LogP contribution in [-0.2, 0) is 6.42 Å². The van der Waals surface area contributed by atoms with Crippen LogP contribution in [0, 0.1) is 0 Å². The Labute approximate surface area is 137 Å². The normalized spacial score (nSPS) is 11.6. The SMILES string of the molecule is CCOc1ncccc1NC(=O)NC(C)CCc1ccccc1. The predicted molar refractivity (Wildman–Crippen MR) is 91.8 cm³/mol. The molecule has 0 spiro atoms. The molecule has 2 amide bonds. The fourth-order valence-electron chi connectivity index (χ4n) is 2.22. The summed E-state index contributed by atoms with van der Waals surface area (Å²) in [6, 6.07) is 13.6. The van der Waals surface area contributed by atoms with Gasteiger partial charge in [0.2, 0.25) is 5.88 Å². The molecule has 0 aliphatic rings. The molecule has 0 bridgehead atoms. The van der Waals surface area contributed by atoms with E-state index >= 15 is 0 Å². The van der Waals surface area contributed by atoms with Gasteiger partial charge in [0.25, 0.3) is 0 Å². The summed E-state index contributed by atoms with van der Waals surface area (Å²) in [5.74, 6) is 0.432. The van der Waals surface area contributed by atoms with Crippen molar-refractivity contribution in [3.8, 4) is 5.88 Å². The Hall–Kier alpha value is -2.56. The van der Waals surface area contributed by atoms with Gasteiger partial charge < -0.3 is 15.4 Å². The summed E-state index contributed by atoms with van der Waals surface area (Å²) in [5, 5.41) is 5.72. The smallest absolute Gasteiger partial charge is 0.319 e. The van der Waals surface area contributed by atoms with E-state index in [2.05, 4.69) is 27.8 Å². The molecule has 1 atom stereocenters. The van der Waals surface area contributed by atoms with Crippen molar-refractivity contribution in [1.29, 1.82) is 0 Å². The number of hydrogen-bond acceptors (Lipinski definition) is 3. The lowest BCUT2D eigenvalue weighted by Gasteiger charge is -2.15. The summed E-state index contributed by atoms with van der Waals surface area (Å²) in [4.78, 5) is 16.2. The zero-order valence-corrected chi connectivity index (χ0v) is 13.6. The number of amides is 2. The molecule has 0 saturated heterocycles. The van der Waals surface area contributed by atoms with Gasteiger partial charge in [0, 0.05) is 12.2 Å². The summed E-state index contributed by atoms with van der Waals surface area (Å²) in [6.07, 6.45) is 3.44. The Bertz CT molecular complexity index is 617. The molecule has 0 aliphatic carbocycles. The maximum atomic E-state index is 12.1. The number of nitrogens with one attached hydrogen (secondary N) is 2. The van der Waals surface area contributed by atoms with E-state index in [4.69, 9.17) is 4.74 Å². The Morgan fingerprint density at radius 2 is 2.00 bits per heavy atom. The minimum Gasteiger partial charge on any atom is -0.476 e. The molecule has 23 heavy (non-hydrogen) atoms. The molecule has 2 aromatic rings. The topological polar surface area (TPSA) is 63.2 Å². The summed E-state index contributed by atoms with van der Waals surface area (Å²) < 4.78 is 5.39. The van der Waals surface area contributed by atoms with Crippen LogP contribution in [0.3, 0.4) is 0 Å². The van der Waals surface area contributed by atoms with E-state index in [1.54, 1.807) is 18.3 Å². The number of anilines is 1. The summed E-state index contributed by atoms with van der Waals surface area (Å²) in [5.41, 5.74) is 1.84. The van der Waals surface area contributed by atoms with E-state index in [-0.39, 0.29) is 12.1 Å². The van der Waals surface area contributed by atoms with Crippen molar-refractivity contribution in [3.05, 3.63) is 54.2 Å². The third-order valence-corrected chi connectivity index (χ3v) is 3.39. The standard InChI is InChI=1S/C18H23N3O2/c1-3-23-17-16(10-7-13-19-17)21-18(22)20-14(2)11-12-15-8-5-4-6-9-15/h4-10,13-14H,3,11-12H2,1-2H3,(H2,20,21,22). The van der Waals surface area contributed by atoms with Crippen molar-refractivity contribution in [2.24, 2.45) is 0 Å². The van der Waals surface area contributed by atoms with Crippen molar-refractivity contribution >= 4 is 11.7 Å². The lowest BCUT2D eigenvalue weighted by molar-refractivity contribution is 0.248. The molecule has 0 radical (unpaired) electrons. The van der Waals surface area contributed by atoms with Crippen molar-refractivity contribution in [2.75, 3.05) is 11.9 Å². The number of carbonyl (C=O) groups is 1. The van der Waals surface area contributed by atoms with Gasteiger partial charge in [0.05, 0.1) is 6.61 Å². The van der Waals surface area contributed by atoms with Gasteiger partial charge in [0.1, 0.15) is 5.69 Å². The zero-order valence-electron chi connectivity index (χ0n) is 13.6. The van der Waals surface area contributed by atoms with Crippen LogP contribution >= 0.6 is 0 Å². The Morgan fingerprint density at radius 3 is 2.74 bits per heavy atom. The number of pyridine rings is 1. The number of urea groups is 1. The highest BCUT2D eigenvalue weighted by atomic mass is 16.5. The first-order valence-corrected chi connectivity index (χ1v) is 7.88. The van der Waals surface area contributed by atoms with Gasteiger partial charge in [-0.25, -0.2) is 9.78 Å². The number of aromatic nitrogens is 1. The molecule has 1 unspecified atom stereocenters. The van der Waals surface area contributed by atoms with Crippen LogP contribution in [0.5, 0.6) is 5.88 Å². The highest BCUT2D eigenvalue weighted by Crippen LogP contribution is 2.20. The van der Waals surface area contributed by atoms with E-state index in [0.29, 0.717) is 18.2 Å². The van der Waals surface area contributed by atoms with Gasteiger partial charge in [0.15, 0.2) is 0 Å². The molecular weight excluding hydrogens is 290 g/mol. The van der Waals surface area contributed by atoms with Crippen molar-refractivity contribution in [1.82, 2.24) is 10.3 Å². The number of nitrogens with zero attached hydrogens (tertiary/aromatic N) is 1. The van der Waals surface area contributed by atoms with Gasteiger partial charge >= 0.3 is 6.03 Å². The Kier molecular flexibility index (Phi) is 6.41. The van der Waals surface area contributed by atoms with E-state index in [1.165, 1.54) is 5.56 Å². The third-order valence-electron chi connectivity index (χ3n) is 3.39. The highest BCUT2D eigenvalue weighted by molar-refractivity contribution is 5.90. The van der Waals surface area contributed by atoms with Crippen LogP contribution in [0.25, 0.3) is 0 Å². The number of aryl methyl sites for hydroxylation is 1. The lowest BCUT2D eigenvalue weighted by Crippen LogP contribution is -2.36. The van der Waals surface area contributed by atoms with Gasteiger partial charge in [-0.05, 0) is 44.4 Å². The largest absolute Gasteiger partial charge is 0.476 e. The zero-order chi connectivity index (χ0) is 16.5. The molecule has 1 heterocycles. The fraction of sp³-hybridized carbons (Fsp3) is 0.333. The van der Waals surface area contributed by atoms with Crippen LogP contribution < -0.4 is 15.4 Å². The predicted octanol–water partition coefficient (Wildman–Crippen LogP) is 3.62. The fourth-order valence-corrected chi connectivity index (χ4v) is 2.22. The van der Waals surface area contributed by atoms with Crippen molar-refractivity contribution in [2.45, 2.75) is 32.7 Å². The number of benzene rings is 1. The second-order valence-corrected chi connectivity index (χ2v) is 5.31. The van der Waals surface area contributed by atoms with Gasteiger partial charge in [-0.2, -0.15) is 0 Å². The van der Waals surface area contributed by atoms with Gasteiger partial charge in [-0.1, -0.05) is 30.3 Å². The first-order chi connectivity index (χ1) is 11.2. The summed E-state index contributed by atoms with van der Waals surface area (Å²) in [7, 11) is 0. The molecule has 5 nitrogen and oxygen atoms in total. The number of ether oxygens (including phenoxy) is 1. The molecule has 2 N–H and O–H groups in total. The maximum absolute atomic E-state index is 12.1. The monoisotopic (exact) mass is 313 g/mol. The highest BCUT2D eigenvalue weighted by Gasteiger charge is 2.11. The second kappa shape index (κ2) is 8.78. The first kappa shape index (κ1) is 16.8. The van der Waals surface area contributed by atoms with Crippen molar-refractivity contribution in [3.63, 3.8) is 0 Å². The van der Waals surface area contributed by atoms with E-state index in [9.17, 15) is 4.79 Å². The lowest BCUT2D eigenvalue weighted by atomic mass is 10.1. The van der Waals surface area contributed by atoms with Crippen LogP contribution in [-0.4, -0.2) is 23.7 Å². The first-order valence-electron chi connectivity index (χ1n) is 7.88. The Balaban J connectivity index is 1.82. The molecule has 0 saturated carbocycles. The molecule has 0 aliphatic heterocycles. The average molecular weight is 313 g/mol. The number of carbonyl (C=O) groups excluding carboxylic acids is 1. The summed E-state index contributed by atoms with van der Waals surface area (Å²) >= 11 is 0. The Morgan fingerprint density at radius 1 is 1.22 bits per heavy atom. The van der Waals surface area contributed by atoms with Crippen molar-refractivity contribution < 1.29 is 9.53 Å². The molecule has 1 aromatic heterocycles. The molecule has 1 aromatic carbocycles. The average Bonchev–Trinajstić information content (AvgIpc) is 2.56. The summed E-state index contributed by atoms with van der Waals surface area (Å²) in [6.45, 7) is 4.38. The van der Waals surface area contributed by atoms with E-state index in [1.807, 2.05) is 32.0 Å². The second-order valence-electron chi connectivity index (χ2n) is 5.31. The van der Waals surface area contributed by atoms with Gasteiger partial charge in [-0.15, -0.1) is 0 Å². The quantitative estimate of drug-likeness (QED) is 0.820. The van der Waals surface area contributed by atoms with Crippen LogP contribution in [0.1, 0.15) is 25.8 Å². The van der Waals surface area contributed by atoms with Crippen LogP contribution in [0.4, 0.5) is 10.5 Å². The third kappa shape index (κ3) is 5.62. The van der Waals surface area contributed by atoms with Crippen LogP contribution in [0.2, 0.25) is 0 Å². The van der Waals surface area contributed by atoms with Crippen LogP contribution in [0.15, 0.2) is 48.7 Å².